The van der Waals surface area contributed by atoms with Crippen molar-refractivity contribution in [2.45, 2.75) is 19.8 Å². The molecule has 9 heavy (non-hydrogen) atoms. The van der Waals surface area contributed by atoms with Crippen molar-refractivity contribution < 1.29 is 9.84 Å². The Kier molecular flexibility index (Phi) is 5.99. The lowest BCUT2D eigenvalue weighted by Crippen LogP contribution is -2.01. The van der Waals surface area contributed by atoms with Gasteiger partial charge >= 0.3 is 0 Å². The first-order chi connectivity index (χ1) is 4.31. The standard InChI is InChI=1S/C7H16O2/c1-7(6-8)4-3-5-9-2/h7-8H,3-6H2,1-2H3/t7-/m1/s1. The summed E-state index contributed by atoms with van der Waals surface area (Å²) in [6, 6.07) is 0. The van der Waals surface area contributed by atoms with Crippen molar-refractivity contribution in [3.05, 3.63) is 0 Å². The van der Waals surface area contributed by atoms with Crippen LogP contribution in [0.15, 0.2) is 0 Å². The van der Waals surface area contributed by atoms with Crippen LogP contribution in [0.25, 0.3) is 0 Å². The average Bonchev–Trinajstić information content (AvgIpc) is 1.89. The Bertz CT molecular complexity index is 54.9. The van der Waals surface area contributed by atoms with Crippen molar-refractivity contribution in [1.82, 2.24) is 0 Å². The van der Waals surface area contributed by atoms with E-state index in [0.717, 1.165) is 19.4 Å². The summed E-state index contributed by atoms with van der Waals surface area (Å²) in [5.41, 5.74) is 0. The lowest BCUT2D eigenvalue weighted by molar-refractivity contribution is 0.174. The summed E-state index contributed by atoms with van der Waals surface area (Å²) in [4.78, 5) is 0. The second-order valence-corrected chi connectivity index (χ2v) is 2.42. The molecule has 0 aromatic carbocycles. The van der Waals surface area contributed by atoms with Crippen molar-refractivity contribution in [3.63, 3.8) is 0 Å². The monoisotopic (exact) mass is 132 g/mol. The van der Waals surface area contributed by atoms with Gasteiger partial charge in [-0.25, -0.2) is 0 Å². The van der Waals surface area contributed by atoms with Gasteiger partial charge in [0, 0.05) is 20.3 Å². The first-order valence-corrected chi connectivity index (χ1v) is 3.41. The van der Waals surface area contributed by atoms with Crippen LogP contribution in [0.5, 0.6) is 0 Å². The number of aliphatic hydroxyl groups is 1. The van der Waals surface area contributed by atoms with Crippen LogP contribution < -0.4 is 0 Å². The van der Waals surface area contributed by atoms with Gasteiger partial charge in [0.15, 0.2) is 0 Å². The number of hydrogen-bond donors (Lipinski definition) is 1. The van der Waals surface area contributed by atoms with Crippen molar-refractivity contribution in [3.8, 4) is 0 Å². The quantitative estimate of drug-likeness (QED) is 0.566. The Morgan fingerprint density at radius 1 is 1.56 bits per heavy atom. The van der Waals surface area contributed by atoms with E-state index in [0.29, 0.717) is 12.5 Å². The molecule has 0 radical (unpaired) electrons. The third kappa shape index (κ3) is 5.80. The second kappa shape index (κ2) is 6.05. The fraction of sp³-hybridized carbons (Fsp3) is 1.00. The maximum absolute atomic E-state index is 8.59. The molecule has 0 amide bonds. The third-order valence-corrected chi connectivity index (χ3v) is 1.36. The minimum atomic E-state index is 0.295. The van der Waals surface area contributed by atoms with Gasteiger partial charge in [-0.1, -0.05) is 6.92 Å². The summed E-state index contributed by atoms with van der Waals surface area (Å²) in [5, 5.41) is 8.59. The molecule has 0 aromatic rings. The highest BCUT2D eigenvalue weighted by Crippen LogP contribution is 2.02. The topological polar surface area (TPSA) is 29.5 Å². The first-order valence-electron chi connectivity index (χ1n) is 3.41. The molecule has 2 heteroatoms. The summed E-state index contributed by atoms with van der Waals surface area (Å²) in [7, 11) is 1.70. The van der Waals surface area contributed by atoms with Gasteiger partial charge in [-0.2, -0.15) is 0 Å². The molecule has 1 N–H and O–H groups in total. The number of aliphatic hydroxyl groups excluding tert-OH is 1. The fourth-order valence-corrected chi connectivity index (χ4v) is 0.667. The molecule has 0 aliphatic rings. The maximum Gasteiger partial charge on any atom is 0.0462 e. The van der Waals surface area contributed by atoms with Crippen LogP contribution in [0.4, 0.5) is 0 Å². The van der Waals surface area contributed by atoms with Gasteiger partial charge in [0.2, 0.25) is 0 Å². The lowest BCUT2D eigenvalue weighted by Gasteiger charge is -2.05. The molecule has 0 fully saturated rings. The zero-order valence-electron chi connectivity index (χ0n) is 6.26. The molecule has 0 saturated heterocycles. The van der Waals surface area contributed by atoms with Gasteiger partial charge in [0.1, 0.15) is 0 Å². The van der Waals surface area contributed by atoms with E-state index in [1.807, 2.05) is 6.92 Å². The fourth-order valence-electron chi connectivity index (χ4n) is 0.667. The van der Waals surface area contributed by atoms with E-state index in [4.69, 9.17) is 9.84 Å². The highest BCUT2D eigenvalue weighted by molar-refractivity contribution is 4.48. The van der Waals surface area contributed by atoms with Crippen LogP contribution in [0, 0.1) is 5.92 Å². The van der Waals surface area contributed by atoms with Crippen LogP contribution in [0.1, 0.15) is 19.8 Å². The normalized spacial score (nSPS) is 13.7. The highest BCUT2D eigenvalue weighted by Gasteiger charge is 1.97. The molecule has 56 valence electrons. The van der Waals surface area contributed by atoms with Crippen LogP contribution in [0.2, 0.25) is 0 Å². The van der Waals surface area contributed by atoms with E-state index in [-0.39, 0.29) is 0 Å². The number of methoxy groups -OCH3 is 1. The van der Waals surface area contributed by atoms with Crippen molar-refractivity contribution in [2.24, 2.45) is 5.92 Å². The van der Waals surface area contributed by atoms with E-state index in [1.165, 1.54) is 0 Å². The van der Waals surface area contributed by atoms with Crippen molar-refractivity contribution >= 4 is 0 Å². The second-order valence-electron chi connectivity index (χ2n) is 2.42. The summed E-state index contributed by atoms with van der Waals surface area (Å²) < 4.78 is 4.86. The molecule has 2 nitrogen and oxygen atoms in total. The predicted octanol–water partition coefficient (Wildman–Crippen LogP) is 1.04. The molecule has 0 aliphatic carbocycles. The van der Waals surface area contributed by atoms with E-state index in [2.05, 4.69) is 0 Å². The Labute approximate surface area is 56.8 Å². The molecule has 0 aliphatic heterocycles. The SMILES string of the molecule is COCCC[C@@H](C)CO. The molecule has 0 heterocycles. The van der Waals surface area contributed by atoms with Crippen LogP contribution in [-0.4, -0.2) is 25.4 Å². The molecule has 0 bridgehead atoms. The maximum atomic E-state index is 8.59. The largest absolute Gasteiger partial charge is 0.396 e. The Balaban J connectivity index is 2.88. The van der Waals surface area contributed by atoms with Gasteiger partial charge in [-0.3, -0.25) is 0 Å². The Morgan fingerprint density at radius 3 is 2.67 bits per heavy atom. The van der Waals surface area contributed by atoms with Gasteiger partial charge in [0.25, 0.3) is 0 Å². The van der Waals surface area contributed by atoms with Crippen LogP contribution in [-0.2, 0) is 4.74 Å². The molecule has 0 unspecified atom stereocenters. The van der Waals surface area contributed by atoms with E-state index in [1.54, 1.807) is 7.11 Å². The van der Waals surface area contributed by atoms with E-state index >= 15 is 0 Å². The van der Waals surface area contributed by atoms with Gasteiger partial charge in [-0.15, -0.1) is 0 Å². The van der Waals surface area contributed by atoms with Gasteiger partial charge in [-0.05, 0) is 18.8 Å². The average molecular weight is 132 g/mol. The van der Waals surface area contributed by atoms with Crippen LogP contribution >= 0.6 is 0 Å². The zero-order chi connectivity index (χ0) is 7.11. The van der Waals surface area contributed by atoms with Crippen molar-refractivity contribution in [1.29, 1.82) is 0 Å². The number of ether oxygens (including phenoxy) is 1. The Morgan fingerprint density at radius 2 is 2.22 bits per heavy atom. The summed E-state index contributed by atoms with van der Waals surface area (Å²) >= 11 is 0. The highest BCUT2D eigenvalue weighted by atomic mass is 16.5. The van der Waals surface area contributed by atoms with E-state index in [9.17, 15) is 0 Å². The predicted molar refractivity (Wildman–Crippen MR) is 37.4 cm³/mol. The summed E-state index contributed by atoms with van der Waals surface area (Å²) in [6.45, 7) is 3.14. The lowest BCUT2D eigenvalue weighted by atomic mass is 10.1. The summed E-state index contributed by atoms with van der Waals surface area (Å²) in [6.07, 6.45) is 2.11. The number of rotatable bonds is 5. The number of hydrogen-bond acceptors (Lipinski definition) is 2. The summed E-state index contributed by atoms with van der Waals surface area (Å²) in [5.74, 6) is 0.431. The first kappa shape index (κ1) is 8.92. The molecule has 0 saturated carbocycles. The van der Waals surface area contributed by atoms with Crippen molar-refractivity contribution in [2.75, 3.05) is 20.3 Å². The molecule has 0 spiro atoms. The minimum Gasteiger partial charge on any atom is -0.396 e. The molecule has 1 atom stereocenters. The smallest absolute Gasteiger partial charge is 0.0462 e. The molecule has 0 rings (SSSR count). The van der Waals surface area contributed by atoms with Gasteiger partial charge in [0.05, 0.1) is 0 Å². The third-order valence-electron chi connectivity index (χ3n) is 1.36. The van der Waals surface area contributed by atoms with E-state index < -0.39 is 0 Å². The molecular weight excluding hydrogens is 116 g/mol. The molecule has 0 aromatic heterocycles. The Hall–Kier alpha value is -0.0800. The molecular formula is C7H16O2. The minimum absolute atomic E-state index is 0.295. The van der Waals surface area contributed by atoms with Crippen LogP contribution in [0.3, 0.4) is 0 Å². The van der Waals surface area contributed by atoms with Gasteiger partial charge < -0.3 is 9.84 Å². The zero-order valence-corrected chi connectivity index (χ0v) is 6.26.